The Hall–Kier alpha value is -5.85. The molecule has 7 aromatic rings. The fraction of sp³-hybridized carbons (Fsp3) is 0.192. The molecule has 0 radical (unpaired) electrons. The molecule has 0 amide bonds. The quantitative estimate of drug-likeness (QED) is 0.0468. The second-order valence-corrected chi connectivity index (χ2v) is 18.2. The van der Waals surface area contributed by atoms with Crippen molar-refractivity contribution in [2.75, 3.05) is 7.11 Å². The van der Waals surface area contributed by atoms with Crippen molar-refractivity contribution in [3.63, 3.8) is 0 Å². The summed E-state index contributed by atoms with van der Waals surface area (Å²) in [5, 5.41) is 0. The molecular formula is C52H39F10NaO6S. The number of methoxy groups -OCH3 is 1. The molecule has 2 unspecified atom stereocenters. The Balaban J connectivity index is 0.00000804. The van der Waals surface area contributed by atoms with Gasteiger partial charge in [-0.3, -0.25) is 0 Å². The molecule has 7 aromatic carbocycles. The molecule has 0 spiro atoms. The maximum Gasteiger partial charge on any atom is 1.00 e. The summed E-state index contributed by atoms with van der Waals surface area (Å²) in [6.45, 7) is 4.67. The van der Waals surface area contributed by atoms with Gasteiger partial charge in [-0.2, -0.15) is 47.3 Å². The van der Waals surface area contributed by atoms with Crippen molar-refractivity contribution in [1.82, 2.24) is 0 Å². The molecule has 0 saturated carbocycles. The summed E-state index contributed by atoms with van der Waals surface area (Å²) in [7, 11) is -2.64. The number of alkyl halides is 6. The van der Waals surface area contributed by atoms with Crippen molar-refractivity contribution in [2.24, 2.45) is 0 Å². The number of halogens is 10. The zero-order valence-corrected chi connectivity index (χ0v) is 40.9. The molecular weight excluding hydrogens is 966 g/mol. The van der Waals surface area contributed by atoms with E-state index in [0.29, 0.717) is 5.56 Å². The molecule has 0 saturated heterocycles. The van der Waals surface area contributed by atoms with Crippen molar-refractivity contribution in [3.8, 4) is 34.5 Å². The van der Waals surface area contributed by atoms with Gasteiger partial charge in [0.15, 0.2) is 21.5 Å². The molecule has 0 fully saturated rings. The molecule has 70 heavy (non-hydrogen) atoms. The molecule has 0 N–H and O–H groups in total. The Morgan fingerprint density at radius 3 is 1.34 bits per heavy atom. The molecule has 360 valence electrons. The van der Waals surface area contributed by atoms with Crippen LogP contribution in [0.5, 0.6) is 34.5 Å². The zero-order chi connectivity index (χ0) is 50.3. The van der Waals surface area contributed by atoms with Gasteiger partial charge in [0, 0.05) is 18.4 Å². The number of benzene rings is 7. The van der Waals surface area contributed by atoms with Crippen LogP contribution in [0.2, 0.25) is 0 Å². The summed E-state index contributed by atoms with van der Waals surface area (Å²) in [4.78, 5) is -0.270. The first-order chi connectivity index (χ1) is 32.4. The van der Waals surface area contributed by atoms with E-state index in [1.165, 1.54) is 86.0 Å². The van der Waals surface area contributed by atoms with E-state index in [1.54, 1.807) is 19.1 Å². The van der Waals surface area contributed by atoms with Crippen LogP contribution in [0.3, 0.4) is 0 Å². The van der Waals surface area contributed by atoms with Crippen molar-refractivity contribution < 1.29 is 101 Å². The second-order valence-electron chi connectivity index (χ2n) is 16.3. The van der Waals surface area contributed by atoms with E-state index in [2.05, 4.69) is 6.07 Å². The van der Waals surface area contributed by atoms with Crippen LogP contribution in [0.4, 0.5) is 43.9 Å². The van der Waals surface area contributed by atoms with E-state index in [9.17, 15) is 52.3 Å². The number of rotatable bonds is 14. The van der Waals surface area contributed by atoms with E-state index < -0.39 is 73.4 Å². The first-order valence-corrected chi connectivity index (χ1v) is 22.2. The first-order valence-electron chi connectivity index (χ1n) is 20.7. The molecule has 18 heteroatoms. The van der Waals surface area contributed by atoms with Crippen LogP contribution in [-0.4, -0.2) is 27.9 Å². The molecule has 2 atom stereocenters. The largest absolute Gasteiger partial charge is 1.00 e. The fourth-order valence-electron chi connectivity index (χ4n) is 7.51. The molecule has 0 aromatic heterocycles. The molecule has 6 nitrogen and oxygen atoms in total. The average molecular weight is 1000 g/mol. The Morgan fingerprint density at radius 2 is 0.943 bits per heavy atom. The minimum atomic E-state index is -4.89. The Kier molecular flexibility index (Phi) is 15.6. The summed E-state index contributed by atoms with van der Waals surface area (Å²) in [5.74, 6) is -8.23. The van der Waals surface area contributed by atoms with Gasteiger partial charge in [0.25, 0.3) is 0 Å². The number of ether oxygens (including phenoxy) is 4. The summed E-state index contributed by atoms with van der Waals surface area (Å²) in [6, 6.07) is 30.7. The van der Waals surface area contributed by atoms with Gasteiger partial charge in [0.2, 0.25) is 17.4 Å². The maximum absolute atomic E-state index is 14.8. The van der Waals surface area contributed by atoms with Crippen molar-refractivity contribution in [1.29, 1.82) is 0 Å². The van der Waals surface area contributed by atoms with Gasteiger partial charge >= 0.3 is 41.9 Å². The monoisotopic (exact) mass is 1000 g/mol. The van der Waals surface area contributed by atoms with Crippen LogP contribution in [0.25, 0.3) is 0 Å². The molecule has 0 aliphatic carbocycles. The van der Waals surface area contributed by atoms with Gasteiger partial charge in [-0.15, -0.1) is 12.1 Å². The van der Waals surface area contributed by atoms with Crippen molar-refractivity contribution in [3.05, 3.63) is 202 Å². The van der Waals surface area contributed by atoms with Gasteiger partial charge in [-0.1, -0.05) is 60.7 Å². The predicted octanol–water partition coefficient (Wildman–Crippen LogP) is 11.8. The summed E-state index contributed by atoms with van der Waals surface area (Å²) in [6.07, 6.45) is -9.54. The third-order valence-corrected chi connectivity index (χ3v) is 13.7. The summed E-state index contributed by atoms with van der Waals surface area (Å²) in [5.41, 5.74) is -5.32. The van der Waals surface area contributed by atoms with Gasteiger partial charge in [-0.05, 0) is 121 Å². The number of sulfone groups is 1. The van der Waals surface area contributed by atoms with Gasteiger partial charge in [0.1, 0.15) is 33.8 Å². The first kappa shape index (κ1) is 53.5. The maximum atomic E-state index is 14.8. The number of hydrogen-bond acceptors (Lipinski definition) is 6. The molecule has 0 heterocycles. The van der Waals surface area contributed by atoms with E-state index in [-0.39, 0.29) is 91.2 Å². The topological polar surface area (TPSA) is 71.1 Å². The minimum absolute atomic E-state index is 0. The fourth-order valence-corrected chi connectivity index (χ4v) is 8.82. The number of hydrogen-bond donors (Lipinski definition) is 0. The van der Waals surface area contributed by atoms with E-state index >= 15 is 0 Å². The normalized spacial score (nSPS) is 13.7. The predicted molar refractivity (Wildman–Crippen MR) is 235 cm³/mol. The summed E-state index contributed by atoms with van der Waals surface area (Å²) >= 11 is 0. The van der Waals surface area contributed by atoms with E-state index in [4.69, 9.17) is 18.9 Å². The molecule has 0 bridgehead atoms. The standard InChI is InChI=1S/C52H39F10O6S.Na/c1-30-28-42(26-27-43(30)67-39-18-12-35(13-19-39)49(3,51(57,58)59)33-8-6-32(7-9-33)29-65-5)69(63,64)41-24-22-38(23-25-41)66-37-16-10-34(11-17-37)50(4,52(60,61)62)36-14-20-40(21-15-36)68-48-46(55)44(53)31(2)45(54)47(48)56;/h6-22,24-28H,29H2,1-5H3;/q-1;+1. The number of aryl methyl sites for hydroxylation is 1. The third kappa shape index (κ3) is 10.3. The van der Waals surface area contributed by atoms with Crippen LogP contribution in [-0.2, 0) is 32.0 Å². The Labute approximate surface area is 419 Å². The molecule has 7 rings (SSSR count). The zero-order valence-electron chi connectivity index (χ0n) is 38.0. The average Bonchev–Trinajstić information content (AvgIpc) is 3.32. The Bertz CT molecular complexity index is 3060. The molecule has 0 aliphatic rings. The van der Waals surface area contributed by atoms with E-state index in [1.807, 2.05) is 0 Å². The smallest absolute Gasteiger partial charge is 0.483 e. The van der Waals surface area contributed by atoms with Crippen LogP contribution < -0.4 is 43.8 Å². The molecule has 0 aliphatic heterocycles. The second kappa shape index (κ2) is 20.5. The van der Waals surface area contributed by atoms with Gasteiger partial charge < -0.3 is 18.9 Å². The van der Waals surface area contributed by atoms with Crippen LogP contribution in [0.15, 0.2) is 143 Å². The van der Waals surface area contributed by atoms with Gasteiger partial charge in [-0.25, -0.2) is 17.2 Å². The van der Waals surface area contributed by atoms with Crippen molar-refractivity contribution >= 4 is 9.84 Å². The van der Waals surface area contributed by atoms with Crippen LogP contribution in [0, 0.1) is 43.2 Å². The van der Waals surface area contributed by atoms with Crippen LogP contribution >= 0.6 is 0 Å². The Morgan fingerprint density at radius 1 is 0.529 bits per heavy atom. The van der Waals surface area contributed by atoms with E-state index in [0.717, 1.165) is 68.8 Å². The van der Waals surface area contributed by atoms with Crippen LogP contribution in [0.1, 0.15) is 52.8 Å². The van der Waals surface area contributed by atoms with Gasteiger partial charge in [0.05, 0.1) is 11.5 Å². The van der Waals surface area contributed by atoms with Crippen molar-refractivity contribution in [2.45, 2.75) is 67.3 Å². The third-order valence-electron chi connectivity index (χ3n) is 11.9. The SMILES string of the molecule is COCc1ccc(C(C)(c2ccc(Oc3ccc(S(=O)(=O)c4c[c-]c(Oc5ccc(C(C)(c6ccc(Oc7c(F)c(F)c(C)c(F)c7F)cc6)C(F)(F)F)cc5)cc4)cc3C)cc2)C(F)(F)F)cc1.[Na+]. The summed E-state index contributed by atoms with van der Waals surface area (Å²) < 4.78 is 194. The minimum Gasteiger partial charge on any atom is -0.483 e.